The summed E-state index contributed by atoms with van der Waals surface area (Å²) >= 11 is 0. The van der Waals surface area contributed by atoms with E-state index in [0.29, 0.717) is 11.7 Å². The first kappa shape index (κ1) is 12.0. The predicted molar refractivity (Wildman–Crippen MR) is 71.7 cm³/mol. The first-order chi connectivity index (χ1) is 8.24. The van der Waals surface area contributed by atoms with Crippen molar-refractivity contribution in [2.24, 2.45) is 0 Å². The average molecular weight is 235 g/mol. The zero-order chi connectivity index (χ0) is 12.3. The van der Waals surface area contributed by atoms with Crippen molar-refractivity contribution in [3.8, 4) is 5.75 Å². The molecular weight excluding hydrogens is 214 g/mol. The highest BCUT2D eigenvalue weighted by Gasteiger charge is 2.22. The molecule has 0 spiro atoms. The van der Waals surface area contributed by atoms with Crippen molar-refractivity contribution in [1.29, 1.82) is 0 Å². The van der Waals surface area contributed by atoms with Crippen LogP contribution in [0.4, 0.5) is 11.4 Å². The van der Waals surface area contributed by atoms with Crippen LogP contribution in [0, 0.1) is 0 Å². The van der Waals surface area contributed by atoms with Gasteiger partial charge in [0.25, 0.3) is 0 Å². The van der Waals surface area contributed by atoms with Gasteiger partial charge >= 0.3 is 0 Å². The molecule has 0 radical (unpaired) electrons. The van der Waals surface area contributed by atoms with Gasteiger partial charge in [0.05, 0.1) is 12.8 Å². The third-order valence-corrected chi connectivity index (χ3v) is 3.26. The molecule has 0 aromatic heterocycles. The molecule has 1 fully saturated rings. The van der Waals surface area contributed by atoms with Gasteiger partial charge in [0.1, 0.15) is 5.75 Å². The van der Waals surface area contributed by atoms with Gasteiger partial charge in [0.2, 0.25) is 0 Å². The van der Waals surface area contributed by atoms with Crippen molar-refractivity contribution in [1.82, 2.24) is 5.32 Å². The van der Waals surface area contributed by atoms with Gasteiger partial charge in [-0.2, -0.15) is 0 Å². The summed E-state index contributed by atoms with van der Waals surface area (Å²) in [5.41, 5.74) is 7.70. The molecule has 1 aromatic carbocycles. The highest BCUT2D eigenvalue weighted by molar-refractivity contribution is 5.62. The van der Waals surface area contributed by atoms with Crippen molar-refractivity contribution in [2.75, 3.05) is 37.4 Å². The number of likely N-dealkylation sites (N-methyl/N-ethyl adjacent to an activating group) is 1. The number of nitrogens with zero attached hydrogens (tertiary/aromatic N) is 1. The number of nitrogens with two attached hydrogens (primary N) is 1. The zero-order valence-corrected chi connectivity index (χ0v) is 10.6. The minimum Gasteiger partial charge on any atom is -0.495 e. The molecule has 3 N–H and O–H groups in total. The van der Waals surface area contributed by atoms with Crippen LogP contribution in [0.2, 0.25) is 0 Å². The minimum absolute atomic E-state index is 0.601. The molecule has 4 heteroatoms. The van der Waals surface area contributed by atoms with E-state index in [1.165, 1.54) is 12.1 Å². The van der Waals surface area contributed by atoms with Crippen molar-refractivity contribution < 1.29 is 4.74 Å². The number of ether oxygens (including phenoxy) is 1. The summed E-state index contributed by atoms with van der Waals surface area (Å²) in [6.07, 6.45) is 1.19. The molecule has 1 aliphatic heterocycles. The lowest BCUT2D eigenvalue weighted by Gasteiger charge is -2.20. The molecule has 0 saturated carbocycles. The normalized spacial score (nSPS) is 19.6. The van der Waals surface area contributed by atoms with E-state index in [-0.39, 0.29) is 0 Å². The van der Waals surface area contributed by atoms with E-state index in [1.807, 2.05) is 12.1 Å². The fourth-order valence-corrected chi connectivity index (χ4v) is 2.35. The summed E-state index contributed by atoms with van der Waals surface area (Å²) in [4.78, 5) is 2.37. The average Bonchev–Trinajstić information content (AvgIpc) is 2.79. The number of hydrogen-bond donors (Lipinski definition) is 2. The summed E-state index contributed by atoms with van der Waals surface area (Å²) in [7, 11) is 1.65. The van der Waals surface area contributed by atoms with Crippen molar-refractivity contribution in [3.63, 3.8) is 0 Å². The topological polar surface area (TPSA) is 50.5 Å². The van der Waals surface area contributed by atoms with Crippen LogP contribution in [0.5, 0.6) is 5.75 Å². The monoisotopic (exact) mass is 235 g/mol. The van der Waals surface area contributed by atoms with Gasteiger partial charge in [-0.25, -0.2) is 0 Å². The number of methoxy groups -OCH3 is 1. The number of hydrogen-bond acceptors (Lipinski definition) is 4. The SMILES string of the molecule is CCN[C@@H]1CCN(c2ccc(N)c(OC)c2)C1. The molecule has 2 rings (SSSR count). The maximum Gasteiger partial charge on any atom is 0.143 e. The van der Waals surface area contributed by atoms with Gasteiger partial charge in [-0.3, -0.25) is 0 Å². The van der Waals surface area contributed by atoms with Crippen LogP contribution in [0.15, 0.2) is 18.2 Å². The Balaban J connectivity index is 2.08. The smallest absolute Gasteiger partial charge is 0.143 e. The predicted octanol–water partition coefficient (Wildman–Crippen LogP) is 1.47. The number of rotatable bonds is 4. The third kappa shape index (κ3) is 2.64. The molecule has 0 aliphatic carbocycles. The molecule has 1 atom stereocenters. The number of anilines is 2. The molecule has 1 aliphatic rings. The second kappa shape index (κ2) is 5.27. The van der Waals surface area contributed by atoms with E-state index in [4.69, 9.17) is 10.5 Å². The first-order valence-corrected chi connectivity index (χ1v) is 6.16. The van der Waals surface area contributed by atoms with Crippen molar-refractivity contribution >= 4 is 11.4 Å². The molecule has 0 unspecified atom stereocenters. The number of nitrogens with one attached hydrogen (secondary N) is 1. The van der Waals surface area contributed by atoms with Crippen LogP contribution in [0.25, 0.3) is 0 Å². The van der Waals surface area contributed by atoms with Gasteiger partial charge in [0, 0.05) is 30.9 Å². The molecule has 17 heavy (non-hydrogen) atoms. The summed E-state index contributed by atoms with van der Waals surface area (Å²) in [5.74, 6) is 0.759. The summed E-state index contributed by atoms with van der Waals surface area (Å²) in [5, 5.41) is 3.49. The Morgan fingerprint density at radius 1 is 1.53 bits per heavy atom. The van der Waals surface area contributed by atoms with Crippen molar-refractivity contribution in [3.05, 3.63) is 18.2 Å². The van der Waals surface area contributed by atoms with E-state index in [0.717, 1.165) is 25.4 Å². The molecule has 1 heterocycles. The number of nitrogen functional groups attached to an aromatic ring is 1. The molecule has 0 amide bonds. The fourth-order valence-electron chi connectivity index (χ4n) is 2.35. The van der Waals surface area contributed by atoms with E-state index < -0.39 is 0 Å². The summed E-state index contributed by atoms with van der Waals surface area (Å²) in [6.45, 7) is 5.32. The van der Waals surface area contributed by atoms with E-state index in [2.05, 4.69) is 23.2 Å². The molecular formula is C13H21N3O. The Morgan fingerprint density at radius 2 is 2.35 bits per heavy atom. The third-order valence-electron chi connectivity index (χ3n) is 3.26. The quantitative estimate of drug-likeness (QED) is 0.776. The fraction of sp³-hybridized carbons (Fsp3) is 0.538. The summed E-state index contributed by atoms with van der Waals surface area (Å²) < 4.78 is 5.25. The second-order valence-corrected chi connectivity index (χ2v) is 4.42. The van der Waals surface area contributed by atoms with Gasteiger partial charge in [-0.05, 0) is 25.1 Å². The van der Waals surface area contributed by atoms with Crippen LogP contribution >= 0.6 is 0 Å². The zero-order valence-electron chi connectivity index (χ0n) is 10.6. The lowest BCUT2D eigenvalue weighted by Crippen LogP contribution is -2.32. The molecule has 0 bridgehead atoms. The first-order valence-electron chi connectivity index (χ1n) is 6.16. The Morgan fingerprint density at radius 3 is 3.06 bits per heavy atom. The highest BCUT2D eigenvalue weighted by Crippen LogP contribution is 2.29. The van der Waals surface area contributed by atoms with E-state index in [1.54, 1.807) is 7.11 Å². The Kier molecular flexibility index (Phi) is 3.74. The molecule has 1 saturated heterocycles. The van der Waals surface area contributed by atoms with Crippen LogP contribution in [-0.4, -0.2) is 32.8 Å². The number of benzene rings is 1. The second-order valence-electron chi connectivity index (χ2n) is 4.42. The van der Waals surface area contributed by atoms with Gasteiger partial charge in [-0.1, -0.05) is 6.92 Å². The lowest BCUT2D eigenvalue weighted by atomic mass is 10.2. The van der Waals surface area contributed by atoms with Crippen LogP contribution < -0.4 is 20.7 Å². The maximum atomic E-state index is 5.82. The van der Waals surface area contributed by atoms with Crippen LogP contribution in [-0.2, 0) is 0 Å². The Labute approximate surface area is 103 Å². The van der Waals surface area contributed by atoms with Gasteiger partial charge in [0.15, 0.2) is 0 Å². The highest BCUT2D eigenvalue weighted by atomic mass is 16.5. The molecule has 1 aromatic rings. The van der Waals surface area contributed by atoms with Crippen LogP contribution in [0.3, 0.4) is 0 Å². The van der Waals surface area contributed by atoms with E-state index >= 15 is 0 Å². The largest absolute Gasteiger partial charge is 0.495 e. The lowest BCUT2D eigenvalue weighted by molar-refractivity contribution is 0.417. The van der Waals surface area contributed by atoms with Gasteiger partial charge < -0.3 is 20.7 Å². The standard InChI is InChI=1S/C13H21N3O/c1-3-15-10-6-7-16(9-10)11-4-5-12(14)13(8-11)17-2/h4-5,8,10,15H,3,6-7,9,14H2,1-2H3/t10-/m1/s1. The Bertz CT molecular complexity index is 381. The van der Waals surface area contributed by atoms with Crippen LogP contribution in [0.1, 0.15) is 13.3 Å². The molecule has 94 valence electrons. The van der Waals surface area contributed by atoms with E-state index in [9.17, 15) is 0 Å². The maximum absolute atomic E-state index is 5.82. The molecule has 4 nitrogen and oxygen atoms in total. The Hall–Kier alpha value is -1.42. The summed E-state index contributed by atoms with van der Waals surface area (Å²) in [6, 6.07) is 6.59. The minimum atomic E-state index is 0.601. The van der Waals surface area contributed by atoms with Crippen molar-refractivity contribution in [2.45, 2.75) is 19.4 Å². The van der Waals surface area contributed by atoms with Gasteiger partial charge in [-0.15, -0.1) is 0 Å².